The number of thioether (sulfide) groups is 1. The first-order valence-electron chi connectivity index (χ1n) is 8.60. The van der Waals surface area contributed by atoms with Gasteiger partial charge in [-0.05, 0) is 31.2 Å². The van der Waals surface area contributed by atoms with Crippen molar-refractivity contribution in [2.75, 3.05) is 43.9 Å². The molecule has 0 spiro atoms. The Bertz CT molecular complexity index is 658. The number of ether oxygens (including phenoxy) is 1. The van der Waals surface area contributed by atoms with Gasteiger partial charge in [-0.15, -0.1) is 10.2 Å². The Balaban J connectivity index is 1.52. The predicted octanol–water partition coefficient (Wildman–Crippen LogP) is 2.47. The molecule has 136 valence electrons. The summed E-state index contributed by atoms with van der Waals surface area (Å²) in [4.78, 5) is 2.42. The highest BCUT2D eigenvalue weighted by Gasteiger charge is 2.13. The van der Waals surface area contributed by atoms with Crippen LogP contribution in [0.2, 0.25) is 0 Å². The van der Waals surface area contributed by atoms with Crippen molar-refractivity contribution < 1.29 is 9.13 Å². The van der Waals surface area contributed by atoms with Crippen molar-refractivity contribution in [3.63, 3.8) is 0 Å². The Kier molecular flexibility index (Phi) is 6.66. The van der Waals surface area contributed by atoms with Crippen LogP contribution in [-0.4, -0.2) is 58.3 Å². The maximum Gasteiger partial charge on any atom is 0.191 e. The normalized spacial score (nSPS) is 15.4. The van der Waals surface area contributed by atoms with E-state index in [4.69, 9.17) is 4.74 Å². The van der Waals surface area contributed by atoms with E-state index in [9.17, 15) is 4.39 Å². The molecule has 1 aliphatic heterocycles. The third-order valence-electron chi connectivity index (χ3n) is 4.15. The lowest BCUT2D eigenvalue weighted by Crippen LogP contribution is -2.37. The van der Waals surface area contributed by atoms with Gasteiger partial charge in [0.05, 0.1) is 19.8 Å². The zero-order valence-electron chi connectivity index (χ0n) is 14.4. The van der Waals surface area contributed by atoms with Crippen LogP contribution in [-0.2, 0) is 17.8 Å². The average Bonchev–Trinajstić information content (AvgIpc) is 3.04. The summed E-state index contributed by atoms with van der Waals surface area (Å²) in [6.07, 6.45) is 0. The molecule has 1 fully saturated rings. The van der Waals surface area contributed by atoms with E-state index in [1.54, 1.807) is 23.9 Å². The lowest BCUT2D eigenvalue weighted by molar-refractivity contribution is 0.0410. The molecular weight excluding hydrogens is 341 g/mol. The molecule has 2 aromatic rings. The number of benzene rings is 1. The lowest BCUT2D eigenvalue weighted by Gasteiger charge is -2.26. The van der Waals surface area contributed by atoms with Crippen LogP contribution in [0.1, 0.15) is 12.7 Å². The average molecular weight is 365 g/mol. The smallest absolute Gasteiger partial charge is 0.191 e. The summed E-state index contributed by atoms with van der Waals surface area (Å²) < 4.78 is 20.5. The Morgan fingerprint density at radius 3 is 2.68 bits per heavy atom. The summed E-state index contributed by atoms with van der Waals surface area (Å²) in [5, 5.41) is 12.8. The molecule has 2 heterocycles. The minimum atomic E-state index is -0.235. The third-order valence-corrected chi connectivity index (χ3v) is 5.09. The van der Waals surface area contributed by atoms with Crippen LogP contribution in [0.4, 0.5) is 10.1 Å². The van der Waals surface area contributed by atoms with Gasteiger partial charge in [-0.1, -0.05) is 11.8 Å². The summed E-state index contributed by atoms with van der Waals surface area (Å²) in [6, 6.07) is 6.33. The van der Waals surface area contributed by atoms with Gasteiger partial charge >= 0.3 is 0 Å². The van der Waals surface area contributed by atoms with E-state index in [1.165, 1.54) is 12.1 Å². The van der Waals surface area contributed by atoms with Gasteiger partial charge in [0.15, 0.2) is 11.0 Å². The summed E-state index contributed by atoms with van der Waals surface area (Å²) in [5.74, 6) is 1.64. The van der Waals surface area contributed by atoms with Crippen molar-refractivity contribution in [3.05, 3.63) is 35.9 Å². The highest BCUT2D eigenvalue weighted by Crippen LogP contribution is 2.18. The zero-order chi connectivity index (χ0) is 17.5. The van der Waals surface area contributed by atoms with Gasteiger partial charge in [-0.2, -0.15) is 0 Å². The van der Waals surface area contributed by atoms with Gasteiger partial charge in [-0.25, -0.2) is 4.39 Å². The van der Waals surface area contributed by atoms with Crippen LogP contribution < -0.4 is 5.32 Å². The summed E-state index contributed by atoms with van der Waals surface area (Å²) >= 11 is 1.74. The molecule has 1 aliphatic rings. The highest BCUT2D eigenvalue weighted by molar-refractivity contribution is 7.99. The summed E-state index contributed by atoms with van der Waals surface area (Å²) in [5.41, 5.74) is 0.869. The SMILES string of the molecule is CCn1c(CNc2ccc(F)cc2)nnc1SCCN1CCOCC1. The van der Waals surface area contributed by atoms with E-state index in [2.05, 4.69) is 31.9 Å². The number of aromatic nitrogens is 3. The molecule has 0 saturated carbocycles. The van der Waals surface area contributed by atoms with Crippen molar-refractivity contribution in [1.82, 2.24) is 19.7 Å². The van der Waals surface area contributed by atoms with Gasteiger partial charge in [-0.3, -0.25) is 4.90 Å². The molecule has 3 rings (SSSR count). The maximum absolute atomic E-state index is 13.0. The number of halogens is 1. The largest absolute Gasteiger partial charge is 0.379 e. The fourth-order valence-electron chi connectivity index (χ4n) is 2.71. The second-order valence-corrected chi connectivity index (χ2v) is 6.87. The number of rotatable bonds is 8. The van der Waals surface area contributed by atoms with Crippen LogP contribution in [0, 0.1) is 5.82 Å². The van der Waals surface area contributed by atoms with Crippen molar-refractivity contribution >= 4 is 17.4 Å². The van der Waals surface area contributed by atoms with Crippen LogP contribution in [0.15, 0.2) is 29.4 Å². The van der Waals surface area contributed by atoms with E-state index in [-0.39, 0.29) is 5.82 Å². The molecule has 8 heteroatoms. The fourth-order valence-corrected chi connectivity index (χ4v) is 3.73. The molecular formula is C17H24FN5OS. The predicted molar refractivity (Wildman–Crippen MR) is 97.4 cm³/mol. The molecule has 0 aliphatic carbocycles. The maximum atomic E-state index is 13.0. The van der Waals surface area contributed by atoms with Gasteiger partial charge in [0.2, 0.25) is 0 Å². The van der Waals surface area contributed by atoms with Crippen molar-refractivity contribution in [1.29, 1.82) is 0 Å². The number of hydrogen-bond donors (Lipinski definition) is 1. The van der Waals surface area contributed by atoms with Crippen molar-refractivity contribution in [2.24, 2.45) is 0 Å². The number of nitrogens with zero attached hydrogens (tertiary/aromatic N) is 4. The van der Waals surface area contributed by atoms with Crippen molar-refractivity contribution in [2.45, 2.75) is 25.2 Å². The first-order valence-corrected chi connectivity index (χ1v) is 9.59. The second kappa shape index (κ2) is 9.17. The Morgan fingerprint density at radius 1 is 1.20 bits per heavy atom. The van der Waals surface area contributed by atoms with E-state index >= 15 is 0 Å². The molecule has 0 bridgehead atoms. The van der Waals surface area contributed by atoms with Gasteiger partial charge in [0.25, 0.3) is 0 Å². The minimum absolute atomic E-state index is 0.235. The molecule has 6 nitrogen and oxygen atoms in total. The second-order valence-electron chi connectivity index (χ2n) is 5.81. The van der Waals surface area contributed by atoms with Crippen LogP contribution >= 0.6 is 11.8 Å². The first kappa shape index (κ1) is 18.2. The lowest BCUT2D eigenvalue weighted by atomic mass is 10.3. The quantitative estimate of drug-likeness (QED) is 0.726. The molecule has 1 aromatic carbocycles. The summed E-state index contributed by atoms with van der Waals surface area (Å²) in [7, 11) is 0. The monoisotopic (exact) mass is 365 g/mol. The van der Waals surface area contributed by atoms with Gasteiger partial charge in [0.1, 0.15) is 5.82 Å². The van der Waals surface area contributed by atoms with Crippen LogP contribution in [0.5, 0.6) is 0 Å². The number of morpholine rings is 1. The van der Waals surface area contributed by atoms with Gasteiger partial charge < -0.3 is 14.6 Å². The Labute approximate surface area is 151 Å². The molecule has 1 saturated heterocycles. The number of nitrogens with one attached hydrogen (secondary N) is 1. The van der Waals surface area contributed by atoms with Crippen LogP contribution in [0.3, 0.4) is 0 Å². The molecule has 0 radical (unpaired) electrons. The minimum Gasteiger partial charge on any atom is -0.379 e. The molecule has 25 heavy (non-hydrogen) atoms. The number of hydrogen-bond acceptors (Lipinski definition) is 6. The first-order chi connectivity index (χ1) is 12.3. The van der Waals surface area contributed by atoms with E-state index in [0.717, 1.165) is 61.8 Å². The van der Waals surface area contributed by atoms with E-state index in [0.29, 0.717) is 6.54 Å². The van der Waals surface area contributed by atoms with E-state index < -0.39 is 0 Å². The molecule has 1 N–H and O–H groups in total. The van der Waals surface area contributed by atoms with Crippen molar-refractivity contribution in [3.8, 4) is 0 Å². The number of anilines is 1. The molecule has 0 unspecified atom stereocenters. The standard InChI is InChI=1S/C17H24FN5OS/c1-2-23-16(13-19-15-5-3-14(18)4-6-15)20-21-17(23)25-12-9-22-7-10-24-11-8-22/h3-6,19H,2,7-13H2,1H3. The fraction of sp³-hybridized carbons (Fsp3) is 0.529. The zero-order valence-corrected chi connectivity index (χ0v) is 15.3. The molecule has 0 atom stereocenters. The van der Waals surface area contributed by atoms with Crippen LogP contribution in [0.25, 0.3) is 0 Å². The van der Waals surface area contributed by atoms with Gasteiger partial charge in [0, 0.05) is 37.6 Å². The molecule has 1 aromatic heterocycles. The third kappa shape index (κ3) is 5.17. The summed E-state index contributed by atoms with van der Waals surface area (Å²) in [6.45, 7) is 8.19. The van der Waals surface area contributed by atoms with E-state index in [1.807, 2.05) is 0 Å². The Hall–Kier alpha value is -1.64. The Morgan fingerprint density at radius 2 is 1.96 bits per heavy atom. The molecule has 0 amide bonds. The highest BCUT2D eigenvalue weighted by atomic mass is 32.2. The topological polar surface area (TPSA) is 55.2 Å².